The molecule has 0 bridgehead atoms. The fourth-order valence-corrected chi connectivity index (χ4v) is 4.02. The Morgan fingerprint density at radius 1 is 1.03 bits per heavy atom. The van der Waals surface area contributed by atoms with Crippen LogP contribution in [0.1, 0.15) is 41.8 Å². The summed E-state index contributed by atoms with van der Waals surface area (Å²) in [5.41, 5.74) is 3.69. The highest BCUT2D eigenvalue weighted by molar-refractivity contribution is 5.80. The topological polar surface area (TPSA) is 62.0 Å². The van der Waals surface area contributed by atoms with Crippen molar-refractivity contribution in [1.82, 2.24) is 15.5 Å². The number of hydrogen-bond acceptors (Lipinski definition) is 4. The highest BCUT2D eigenvalue weighted by atomic mass is 16.5. The zero-order chi connectivity index (χ0) is 22.2. The molecule has 1 aromatic heterocycles. The molecule has 0 fully saturated rings. The molecule has 0 saturated carbocycles. The summed E-state index contributed by atoms with van der Waals surface area (Å²) in [5.74, 6) is 2.75. The second-order valence-electron chi connectivity index (χ2n) is 8.09. The maximum atomic E-state index is 5.80. The molecule has 0 radical (unpaired) electrons. The van der Waals surface area contributed by atoms with Gasteiger partial charge < -0.3 is 19.8 Å². The van der Waals surface area contributed by atoms with Gasteiger partial charge in [-0.1, -0.05) is 42.5 Å². The molecule has 0 amide bonds. The largest absolute Gasteiger partial charge is 0.493 e. The number of nitrogens with zero attached hydrogens (tertiary/aromatic N) is 2. The van der Waals surface area contributed by atoms with Crippen LogP contribution >= 0.6 is 0 Å². The molecule has 3 aromatic rings. The monoisotopic (exact) mass is 432 g/mol. The summed E-state index contributed by atoms with van der Waals surface area (Å²) in [7, 11) is 2.11. The zero-order valence-corrected chi connectivity index (χ0v) is 18.9. The smallest absolute Gasteiger partial charge is 0.192 e. The normalized spacial score (nSPS) is 15.8. The fraction of sp³-hybridized carbons (Fsp3) is 0.346. The van der Waals surface area contributed by atoms with E-state index in [-0.39, 0.29) is 6.04 Å². The molecule has 2 aromatic carbocycles. The van der Waals surface area contributed by atoms with Gasteiger partial charge in [-0.15, -0.1) is 0 Å². The lowest BCUT2D eigenvalue weighted by molar-refractivity contribution is 0.261. The lowest BCUT2D eigenvalue weighted by Crippen LogP contribution is -2.41. The minimum atomic E-state index is 0.187. The molecule has 0 aliphatic carbocycles. The minimum absolute atomic E-state index is 0.187. The van der Waals surface area contributed by atoms with Crippen LogP contribution in [0.4, 0.5) is 0 Å². The van der Waals surface area contributed by atoms with Crippen molar-refractivity contribution in [2.24, 2.45) is 4.99 Å². The van der Waals surface area contributed by atoms with Gasteiger partial charge in [0.25, 0.3) is 0 Å². The van der Waals surface area contributed by atoms with Gasteiger partial charge in [0, 0.05) is 25.1 Å². The average molecular weight is 433 g/mol. The lowest BCUT2D eigenvalue weighted by Gasteiger charge is -2.28. The van der Waals surface area contributed by atoms with Crippen LogP contribution in [0.25, 0.3) is 0 Å². The highest BCUT2D eigenvalue weighted by Gasteiger charge is 2.21. The molecule has 6 nitrogen and oxygen atoms in total. The molecule has 0 spiro atoms. The molecular weight excluding hydrogens is 400 g/mol. The van der Waals surface area contributed by atoms with Gasteiger partial charge in [0.05, 0.1) is 32.0 Å². The Kier molecular flexibility index (Phi) is 7.46. The Morgan fingerprint density at radius 3 is 2.66 bits per heavy atom. The first-order valence-corrected chi connectivity index (χ1v) is 11.3. The number of guanidine groups is 1. The van der Waals surface area contributed by atoms with Gasteiger partial charge >= 0.3 is 0 Å². The van der Waals surface area contributed by atoms with Crippen LogP contribution in [0, 0.1) is 0 Å². The fourth-order valence-electron chi connectivity index (χ4n) is 4.02. The summed E-state index contributed by atoms with van der Waals surface area (Å²) in [6, 6.07) is 20.9. The Bertz CT molecular complexity index is 1020. The lowest BCUT2D eigenvalue weighted by atomic mass is 10.0. The maximum Gasteiger partial charge on any atom is 0.192 e. The van der Waals surface area contributed by atoms with E-state index in [1.807, 2.05) is 24.3 Å². The molecule has 1 aliphatic rings. The number of ether oxygens (including phenoxy) is 1. The number of aliphatic imine (C=N–C) groups is 1. The van der Waals surface area contributed by atoms with Crippen molar-refractivity contribution >= 4 is 5.96 Å². The molecule has 2 heterocycles. The number of benzene rings is 2. The molecule has 1 atom stereocenters. The third-order valence-corrected chi connectivity index (χ3v) is 5.59. The van der Waals surface area contributed by atoms with Gasteiger partial charge in [0.2, 0.25) is 0 Å². The number of para-hydroxylation sites is 1. The minimum Gasteiger partial charge on any atom is -0.493 e. The van der Waals surface area contributed by atoms with Crippen LogP contribution in [0.5, 0.6) is 5.75 Å². The van der Waals surface area contributed by atoms with Crippen LogP contribution in [-0.4, -0.2) is 31.1 Å². The van der Waals surface area contributed by atoms with Gasteiger partial charge in [-0.25, -0.2) is 4.99 Å². The van der Waals surface area contributed by atoms with Crippen molar-refractivity contribution in [2.75, 3.05) is 20.2 Å². The second kappa shape index (κ2) is 10.9. The van der Waals surface area contributed by atoms with E-state index >= 15 is 0 Å². The standard InChI is InChI=1S/C26H32N4O2/c1-3-27-26(29-24-14-16-32-25-13-7-6-12-23(24)25)28-17-20-9-4-5-10-21(20)18-30(2)19-22-11-8-15-31-22/h4-13,15,24H,3,14,16-19H2,1-2H3,(H2,27,28,29). The van der Waals surface area contributed by atoms with Gasteiger partial charge in [0.1, 0.15) is 11.5 Å². The van der Waals surface area contributed by atoms with Gasteiger partial charge in [-0.3, -0.25) is 4.90 Å². The first-order valence-electron chi connectivity index (χ1n) is 11.3. The average Bonchev–Trinajstić information content (AvgIpc) is 3.31. The highest BCUT2D eigenvalue weighted by Crippen LogP contribution is 2.31. The third kappa shape index (κ3) is 5.71. The van der Waals surface area contributed by atoms with Crippen LogP contribution in [0.2, 0.25) is 0 Å². The first-order chi connectivity index (χ1) is 15.7. The predicted octanol–water partition coefficient (Wildman–Crippen LogP) is 4.49. The van der Waals surface area contributed by atoms with E-state index < -0.39 is 0 Å². The summed E-state index contributed by atoms with van der Waals surface area (Å²) in [5, 5.41) is 7.01. The van der Waals surface area contributed by atoms with Crippen LogP contribution < -0.4 is 15.4 Å². The number of fused-ring (bicyclic) bond motifs is 1. The maximum absolute atomic E-state index is 5.80. The summed E-state index contributed by atoms with van der Waals surface area (Å²) >= 11 is 0. The van der Waals surface area contributed by atoms with Crippen LogP contribution in [0.15, 0.2) is 76.3 Å². The molecule has 4 rings (SSSR count). The molecular formula is C26H32N4O2. The summed E-state index contributed by atoms with van der Waals surface area (Å²) in [6.07, 6.45) is 2.63. The van der Waals surface area contributed by atoms with Crippen LogP contribution in [-0.2, 0) is 19.6 Å². The molecule has 168 valence electrons. The zero-order valence-electron chi connectivity index (χ0n) is 18.9. The molecule has 1 unspecified atom stereocenters. The Balaban J connectivity index is 1.45. The summed E-state index contributed by atoms with van der Waals surface area (Å²) in [6.45, 7) is 5.84. The number of hydrogen-bond donors (Lipinski definition) is 2. The molecule has 2 N–H and O–H groups in total. The molecule has 0 saturated heterocycles. The first kappa shape index (κ1) is 22.0. The van der Waals surface area contributed by atoms with E-state index in [9.17, 15) is 0 Å². The van der Waals surface area contributed by atoms with Gasteiger partial charge in [-0.2, -0.15) is 0 Å². The van der Waals surface area contributed by atoms with E-state index in [2.05, 4.69) is 65.9 Å². The summed E-state index contributed by atoms with van der Waals surface area (Å²) in [4.78, 5) is 7.16. The van der Waals surface area contributed by atoms with Crippen molar-refractivity contribution in [1.29, 1.82) is 0 Å². The molecule has 1 aliphatic heterocycles. The number of furan rings is 1. The molecule has 32 heavy (non-hydrogen) atoms. The van der Waals surface area contributed by atoms with Crippen molar-refractivity contribution in [3.05, 3.63) is 89.4 Å². The van der Waals surface area contributed by atoms with Gasteiger partial charge in [0.15, 0.2) is 5.96 Å². The van der Waals surface area contributed by atoms with Gasteiger partial charge in [-0.05, 0) is 43.3 Å². The number of rotatable bonds is 8. The van der Waals surface area contributed by atoms with Crippen molar-refractivity contribution < 1.29 is 9.15 Å². The van der Waals surface area contributed by atoms with Crippen molar-refractivity contribution in [2.45, 2.75) is 39.0 Å². The third-order valence-electron chi connectivity index (χ3n) is 5.59. The Hall–Kier alpha value is -3.25. The Labute approximate surface area is 190 Å². The Morgan fingerprint density at radius 2 is 1.84 bits per heavy atom. The van der Waals surface area contributed by atoms with E-state index in [4.69, 9.17) is 14.1 Å². The SMILES string of the molecule is CCNC(=NCc1ccccc1CN(C)Cc1ccco1)NC1CCOc2ccccc21. The van der Waals surface area contributed by atoms with Crippen LogP contribution in [0.3, 0.4) is 0 Å². The van der Waals surface area contributed by atoms with E-state index in [1.165, 1.54) is 16.7 Å². The van der Waals surface area contributed by atoms with E-state index in [0.717, 1.165) is 43.5 Å². The van der Waals surface area contributed by atoms with E-state index in [1.54, 1.807) is 6.26 Å². The predicted molar refractivity (Wildman–Crippen MR) is 128 cm³/mol. The van der Waals surface area contributed by atoms with E-state index in [0.29, 0.717) is 13.2 Å². The number of nitrogens with one attached hydrogen (secondary N) is 2. The molecule has 6 heteroatoms. The quantitative estimate of drug-likeness (QED) is 0.406. The van der Waals surface area contributed by atoms with Crippen molar-refractivity contribution in [3.63, 3.8) is 0 Å². The second-order valence-corrected chi connectivity index (χ2v) is 8.09. The summed E-state index contributed by atoms with van der Waals surface area (Å²) < 4.78 is 11.3. The van der Waals surface area contributed by atoms with Crippen molar-refractivity contribution in [3.8, 4) is 5.75 Å².